The molecule has 2 N–H and O–H groups in total. The van der Waals surface area contributed by atoms with Crippen LogP contribution in [0.15, 0.2) is 58.2 Å². The lowest BCUT2D eigenvalue weighted by molar-refractivity contribution is -0.123. The first-order valence-corrected chi connectivity index (χ1v) is 9.38. The van der Waals surface area contributed by atoms with Gasteiger partial charge in [-0.05, 0) is 68.3 Å². The zero-order valence-electron chi connectivity index (χ0n) is 13.3. The third-order valence-electron chi connectivity index (χ3n) is 3.40. The van der Waals surface area contributed by atoms with Crippen molar-refractivity contribution in [2.75, 3.05) is 6.61 Å². The van der Waals surface area contributed by atoms with Gasteiger partial charge in [-0.3, -0.25) is 9.78 Å². The molecule has 0 unspecified atom stereocenters. The number of carbonyl (C=O) groups is 1. The number of hydrogen-bond acceptors (Lipinski definition) is 5. The van der Waals surface area contributed by atoms with Crippen molar-refractivity contribution in [3.05, 3.63) is 62.3 Å². The number of benzene rings is 2. The molecule has 0 aliphatic rings. The minimum atomic E-state index is -0.387. The summed E-state index contributed by atoms with van der Waals surface area (Å²) in [6.07, 6.45) is 3.17. The van der Waals surface area contributed by atoms with Crippen molar-refractivity contribution in [3.8, 4) is 11.5 Å². The van der Waals surface area contributed by atoms with E-state index < -0.39 is 0 Å². The molecule has 1 aromatic heterocycles. The monoisotopic (exact) mass is 525 g/mol. The first kappa shape index (κ1) is 18.6. The van der Waals surface area contributed by atoms with Gasteiger partial charge in [-0.25, -0.2) is 5.43 Å². The summed E-state index contributed by atoms with van der Waals surface area (Å²) in [6.45, 7) is -0.177. The summed E-state index contributed by atoms with van der Waals surface area (Å²) < 4.78 is 6.78. The minimum absolute atomic E-state index is 0.170. The number of hydrazone groups is 1. The number of halogens is 2. The SMILES string of the molecule is O=C(COc1cccc2cccnc12)N/N=C\c1cc(Br)c(O)c(I)c1. The van der Waals surface area contributed by atoms with Crippen LogP contribution in [0.1, 0.15) is 5.56 Å². The van der Waals surface area contributed by atoms with Crippen LogP contribution in [0.3, 0.4) is 0 Å². The van der Waals surface area contributed by atoms with Gasteiger partial charge in [0.05, 0.1) is 14.3 Å². The van der Waals surface area contributed by atoms with Gasteiger partial charge in [0.2, 0.25) is 0 Å². The maximum Gasteiger partial charge on any atom is 0.277 e. The van der Waals surface area contributed by atoms with Gasteiger partial charge in [0.25, 0.3) is 5.91 Å². The Balaban J connectivity index is 1.59. The number of phenols is 1. The van der Waals surface area contributed by atoms with Crippen LogP contribution in [-0.4, -0.2) is 28.8 Å². The average Bonchev–Trinajstić information content (AvgIpc) is 2.64. The van der Waals surface area contributed by atoms with E-state index in [1.807, 2.05) is 46.9 Å². The second-order valence-electron chi connectivity index (χ2n) is 5.25. The molecule has 132 valence electrons. The summed E-state index contributed by atoms with van der Waals surface area (Å²) in [6, 6.07) is 12.8. The molecule has 3 rings (SSSR count). The molecule has 6 nitrogen and oxygen atoms in total. The Morgan fingerprint density at radius 2 is 2.15 bits per heavy atom. The molecule has 0 aliphatic heterocycles. The normalized spacial score (nSPS) is 11.0. The second-order valence-corrected chi connectivity index (χ2v) is 7.26. The predicted octanol–water partition coefficient (Wildman–Crippen LogP) is 3.84. The van der Waals surface area contributed by atoms with Crippen molar-refractivity contribution in [3.63, 3.8) is 0 Å². The van der Waals surface area contributed by atoms with Crippen molar-refractivity contribution in [2.45, 2.75) is 0 Å². The average molecular weight is 526 g/mol. The third kappa shape index (κ3) is 4.50. The van der Waals surface area contributed by atoms with Gasteiger partial charge in [0.1, 0.15) is 17.0 Å². The van der Waals surface area contributed by atoms with E-state index in [0.717, 1.165) is 10.9 Å². The fourth-order valence-electron chi connectivity index (χ4n) is 2.21. The van der Waals surface area contributed by atoms with Crippen molar-refractivity contribution >= 4 is 61.5 Å². The maximum atomic E-state index is 11.9. The molecule has 2 aromatic carbocycles. The molecule has 0 atom stereocenters. The van der Waals surface area contributed by atoms with Crippen molar-refractivity contribution < 1.29 is 14.6 Å². The number of rotatable bonds is 5. The summed E-state index contributed by atoms with van der Waals surface area (Å²) in [5.41, 5.74) is 3.85. The maximum absolute atomic E-state index is 11.9. The number of fused-ring (bicyclic) bond motifs is 1. The van der Waals surface area contributed by atoms with Crippen molar-refractivity contribution in [2.24, 2.45) is 5.10 Å². The van der Waals surface area contributed by atoms with E-state index in [1.54, 1.807) is 24.4 Å². The van der Waals surface area contributed by atoms with Crippen molar-refractivity contribution in [1.82, 2.24) is 10.4 Å². The Hall–Kier alpha value is -2.20. The lowest BCUT2D eigenvalue weighted by Gasteiger charge is -2.07. The standard InChI is InChI=1S/C18H13BrIN3O3/c19-13-7-11(8-14(20)18(13)25)9-22-23-16(24)10-26-15-5-1-3-12-4-2-6-21-17(12)15/h1-9,25H,10H2,(H,23,24)/b22-9-. The fraction of sp³-hybridized carbons (Fsp3) is 0.0556. The molecule has 26 heavy (non-hydrogen) atoms. The minimum Gasteiger partial charge on any atom is -0.506 e. The first-order valence-electron chi connectivity index (χ1n) is 7.51. The molecule has 3 aromatic rings. The number of aromatic nitrogens is 1. The molecular weight excluding hydrogens is 513 g/mol. The van der Waals surface area contributed by atoms with E-state index in [-0.39, 0.29) is 18.3 Å². The summed E-state index contributed by atoms with van der Waals surface area (Å²) in [5, 5.41) is 14.6. The lowest BCUT2D eigenvalue weighted by atomic mass is 10.2. The van der Waals surface area contributed by atoms with E-state index in [2.05, 4.69) is 31.4 Å². The highest BCUT2D eigenvalue weighted by atomic mass is 127. The Kier molecular flexibility index (Phi) is 6.04. The van der Waals surface area contributed by atoms with Gasteiger partial charge >= 0.3 is 0 Å². The van der Waals surface area contributed by atoms with Gasteiger partial charge < -0.3 is 9.84 Å². The number of aromatic hydroxyl groups is 1. The smallest absolute Gasteiger partial charge is 0.277 e. The van der Waals surface area contributed by atoms with Crippen LogP contribution in [0.5, 0.6) is 11.5 Å². The van der Waals surface area contributed by atoms with E-state index in [4.69, 9.17) is 4.74 Å². The number of pyridine rings is 1. The molecule has 0 radical (unpaired) electrons. The van der Waals surface area contributed by atoms with Gasteiger partial charge in [-0.1, -0.05) is 18.2 Å². The number of phenolic OH excluding ortho intramolecular Hbond substituents is 1. The Bertz CT molecular complexity index is 966. The van der Waals surface area contributed by atoms with Gasteiger partial charge in [0.15, 0.2) is 6.61 Å². The van der Waals surface area contributed by atoms with Crippen LogP contribution in [-0.2, 0) is 4.79 Å². The fourth-order valence-corrected chi connectivity index (χ4v) is 3.71. The van der Waals surface area contributed by atoms with Crippen LogP contribution < -0.4 is 10.2 Å². The van der Waals surface area contributed by atoms with Gasteiger partial charge in [0, 0.05) is 11.6 Å². The van der Waals surface area contributed by atoms with E-state index >= 15 is 0 Å². The number of amides is 1. The highest BCUT2D eigenvalue weighted by molar-refractivity contribution is 14.1. The quantitative estimate of drug-likeness (QED) is 0.301. The zero-order chi connectivity index (χ0) is 18.5. The number of nitrogens with one attached hydrogen (secondary N) is 1. The zero-order valence-corrected chi connectivity index (χ0v) is 17.1. The topological polar surface area (TPSA) is 83.8 Å². The number of ether oxygens (including phenoxy) is 1. The molecule has 0 saturated heterocycles. The Morgan fingerprint density at radius 3 is 2.96 bits per heavy atom. The van der Waals surface area contributed by atoms with Crippen LogP contribution in [0.25, 0.3) is 10.9 Å². The summed E-state index contributed by atoms with van der Waals surface area (Å²) in [5.74, 6) is 0.324. The van der Waals surface area contributed by atoms with Gasteiger partial charge in [-0.15, -0.1) is 0 Å². The molecule has 1 heterocycles. The van der Waals surface area contributed by atoms with E-state index in [9.17, 15) is 9.90 Å². The van der Waals surface area contributed by atoms with Crippen LogP contribution in [0.4, 0.5) is 0 Å². The van der Waals surface area contributed by atoms with Crippen molar-refractivity contribution in [1.29, 1.82) is 0 Å². The van der Waals surface area contributed by atoms with Crippen LogP contribution in [0, 0.1) is 3.57 Å². The predicted molar refractivity (Wildman–Crippen MR) is 111 cm³/mol. The molecule has 0 spiro atoms. The number of carbonyl (C=O) groups excluding carboxylic acids is 1. The molecule has 0 fully saturated rings. The number of hydrogen-bond donors (Lipinski definition) is 2. The molecule has 1 amide bonds. The lowest BCUT2D eigenvalue weighted by Crippen LogP contribution is -2.24. The molecule has 0 saturated carbocycles. The molecule has 8 heteroatoms. The first-order chi connectivity index (χ1) is 12.5. The molecule has 0 bridgehead atoms. The van der Waals surface area contributed by atoms with E-state index in [0.29, 0.717) is 19.3 Å². The summed E-state index contributed by atoms with van der Waals surface area (Å²) in [7, 11) is 0. The van der Waals surface area contributed by atoms with Crippen LogP contribution in [0.2, 0.25) is 0 Å². The second kappa shape index (κ2) is 8.45. The Morgan fingerprint density at radius 1 is 1.35 bits per heavy atom. The Labute approximate surface area is 171 Å². The highest BCUT2D eigenvalue weighted by Crippen LogP contribution is 2.29. The van der Waals surface area contributed by atoms with Gasteiger partial charge in [-0.2, -0.15) is 5.10 Å². The summed E-state index contributed by atoms with van der Waals surface area (Å²) >= 11 is 5.27. The molecular formula is C18H13BrIN3O3. The highest BCUT2D eigenvalue weighted by Gasteiger charge is 2.07. The van der Waals surface area contributed by atoms with E-state index in [1.165, 1.54) is 6.21 Å². The third-order valence-corrected chi connectivity index (χ3v) is 4.82. The number of nitrogens with zero attached hydrogens (tertiary/aromatic N) is 2. The van der Waals surface area contributed by atoms with Crippen LogP contribution >= 0.6 is 38.5 Å². The largest absolute Gasteiger partial charge is 0.506 e. The number of para-hydroxylation sites is 1. The molecule has 0 aliphatic carbocycles. The summed E-state index contributed by atoms with van der Waals surface area (Å²) in [4.78, 5) is 16.2.